The highest BCUT2D eigenvalue weighted by Crippen LogP contribution is 2.35. The second-order valence-corrected chi connectivity index (χ2v) is 4.36. The number of rotatable bonds is 8. The number of hydrogen-bond acceptors (Lipinski definition) is 4. The van der Waals surface area contributed by atoms with Crippen LogP contribution in [0.2, 0.25) is 5.02 Å². The summed E-state index contributed by atoms with van der Waals surface area (Å²) in [6, 6.07) is 3.41. The molecule has 0 saturated heterocycles. The van der Waals surface area contributed by atoms with Crippen molar-refractivity contribution in [2.45, 2.75) is 6.42 Å². The highest BCUT2D eigenvalue weighted by molar-refractivity contribution is 6.32. The van der Waals surface area contributed by atoms with Crippen LogP contribution in [0.15, 0.2) is 24.8 Å². The number of anilines is 1. The van der Waals surface area contributed by atoms with Crippen LogP contribution in [0.1, 0.15) is 6.42 Å². The standard InChI is InChI=1S/C14H19ClN2O3/c1-4-6-17-14(18)5-7-16-11-9-12(19-2)10(15)8-13(11)20-3/h4,8-9,16H,1,5-7H2,2-3H3,(H,17,18). The van der Waals surface area contributed by atoms with Gasteiger partial charge in [-0.1, -0.05) is 17.7 Å². The number of halogens is 1. The number of nitrogens with one attached hydrogen (secondary N) is 2. The first-order valence-electron chi connectivity index (χ1n) is 6.15. The van der Waals surface area contributed by atoms with Crippen LogP contribution in [0, 0.1) is 0 Å². The largest absolute Gasteiger partial charge is 0.495 e. The fourth-order valence-electron chi connectivity index (χ4n) is 1.58. The van der Waals surface area contributed by atoms with Gasteiger partial charge in [0, 0.05) is 31.6 Å². The number of carbonyl (C=O) groups excluding carboxylic acids is 1. The molecule has 0 aromatic heterocycles. The molecule has 1 aromatic carbocycles. The molecular formula is C14H19ClN2O3. The van der Waals surface area contributed by atoms with Gasteiger partial charge >= 0.3 is 0 Å². The number of carbonyl (C=O) groups is 1. The third-order valence-corrected chi connectivity index (χ3v) is 2.88. The highest BCUT2D eigenvalue weighted by Gasteiger charge is 2.10. The van der Waals surface area contributed by atoms with Gasteiger partial charge in [-0.2, -0.15) is 0 Å². The van der Waals surface area contributed by atoms with Crippen LogP contribution in [-0.2, 0) is 4.79 Å². The van der Waals surface area contributed by atoms with Crippen LogP contribution in [0.3, 0.4) is 0 Å². The smallest absolute Gasteiger partial charge is 0.222 e. The minimum atomic E-state index is -0.0442. The molecule has 0 aliphatic carbocycles. The van der Waals surface area contributed by atoms with Gasteiger partial charge in [0.2, 0.25) is 5.91 Å². The number of hydrogen-bond donors (Lipinski definition) is 2. The van der Waals surface area contributed by atoms with Gasteiger partial charge in [-0.05, 0) is 0 Å². The van der Waals surface area contributed by atoms with Gasteiger partial charge in [-0.15, -0.1) is 6.58 Å². The van der Waals surface area contributed by atoms with Crippen molar-refractivity contribution in [1.82, 2.24) is 5.32 Å². The van der Waals surface area contributed by atoms with Crippen LogP contribution in [0.4, 0.5) is 5.69 Å². The van der Waals surface area contributed by atoms with E-state index in [-0.39, 0.29) is 5.91 Å². The SMILES string of the molecule is C=CCNC(=O)CCNc1cc(OC)c(Cl)cc1OC. The van der Waals surface area contributed by atoms with E-state index in [0.717, 1.165) is 5.69 Å². The maximum Gasteiger partial charge on any atom is 0.222 e. The molecule has 0 saturated carbocycles. The summed E-state index contributed by atoms with van der Waals surface area (Å²) in [6.07, 6.45) is 1.99. The highest BCUT2D eigenvalue weighted by atomic mass is 35.5. The molecule has 5 nitrogen and oxygen atoms in total. The third kappa shape index (κ3) is 4.66. The minimum absolute atomic E-state index is 0.0442. The van der Waals surface area contributed by atoms with Crippen molar-refractivity contribution in [3.8, 4) is 11.5 Å². The average molecular weight is 299 g/mol. The summed E-state index contributed by atoms with van der Waals surface area (Å²) in [5.41, 5.74) is 0.727. The molecule has 0 fully saturated rings. The first kappa shape index (κ1) is 16.2. The zero-order valence-corrected chi connectivity index (χ0v) is 12.4. The summed E-state index contributed by atoms with van der Waals surface area (Å²) >= 11 is 6.02. The summed E-state index contributed by atoms with van der Waals surface area (Å²) in [4.78, 5) is 11.4. The molecule has 0 spiro atoms. The summed E-state index contributed by atoms with van der Waals surface area (Å²) in [7, 11) is 3.10. The fraction of sp³-hybridized carbons (Fsp3) is 0.357. The fourth-order valence-corrected chi connectivity index (χ4v) is 1.81. The van der Waals surface area contributed by atoms with Gasteiger partial charge in [0.15, 0.2) is 0 Å². The summed E-state index contributed by atoms with van der Waals surface area (Å²) in [5.74, 6) is 1.10. The van der Waals surface area contributed by atoms with Crippen LogP contribution < -0.4 is 20.1 Å². The Bertz CT molecular complexity index is 478. The normalized spacial score (nSPS) is 9.75. The zero-order chi connectivity index (χ0) is 15.0. The van der Waals surface area contributed by atoms with Crippen molar-refractivity contribution in [2.24, 2.45) is 0 Å². The van der Waals surface area contributed by atoms with Gasteiger partial charge in [-0.25, -0.2) is 0 Å². The van der Waals surface area contributed by atoms with Gasteiger partial charge in [0.25, 0.3) is 0 Å². The lowest BCUT2D eigenvalue weighted by molar-refractivity contribution is -0.120. The Morgan fingerprint density at radius 3 is 2.65 bits per heavy atom. The van der Waals surface area contributed by atoms with E-state index in [2.05, 4.69) is 17.2 Å². The molecule has 0 radical (unpaired) electrons. The lowest BCUT2D eigenvalue weighted by Gasteiger charge is -2.13. The van der Waals surface area contributed by atoms with Crippen molar-refractivity contribution in [3.05, 3.63) is 29.8 Å². The van der Waals surface area contributed by atoms with Crippen molar-refractivity contribution in [3.63, 3.8) is 0 Å². The quantitative estimate of drug-likeness (QED) is 0.724. The van der Waals surface area contributed by atoms with Crippen LogP contribution in [-0.4, -0.2) is 33.2 Å². The Hall–Kier alpha value is -1.88. The molecule has 1 rings (SSSR count). The van der Waals surface area contributed by atoms with Crippen molar-refractivity contribution in [2.75, 3.05) is 32.6 Å². The van der Waals surface area contributed by atoms with Gasteiger partial charge < -0.3 is 20.1 Å². The van der Waals surface area contributed by atoms with E-state index >= 15 is 0 Å². The first-order chi connectivity index (χ1) is 9.62. The number of ether oxygens (including phenoxy) is 2. The van der Waals surface area contributed by atoms with Crippen molar-refractivity contribution >= 4 is 23.2 Å². The summed E-state index contributed by atoms with van der Waals surface area (Å²) in [5, 5.41) is 6.30. The molecule has 1 amide bonds. The second-order valence-electron chi connectivity index (χ2n) is 3.96. The maximum atomic E-state index is 11.4. The molecule has 0 aliphatic heterocycles. The monoisotopic (exact) mass is 298 g/mol. The molecule has 6 heteroatoms. The molecular weight excluding hydrogens is 280 g/mol. The zero-order valence-electron chi connectivity index (χ0n) is 11.7. The average Bonchev–Trinajstić information content (AvgIpc) is 2.46. The van der Waals surface area contributed by atoms with Crippen LogP contribution >= 0.6 is 11.6 Å². The van der Waals surface area contributed by atoms with E-state index in [1.165, 1.54) is 0 Å². The van der Waals surface area contributed by atoms with Crippen molar-refractivity contribution in [1.29, 1.82) is 0 Å². The van der Waals surface area contributed by atoms with E-state index in [1.54, 1.807) is 32.4 Å². The lowest BCUT2D eigenvalue weighted by Crippen LogP contribution is -2.25. The minimum Gasteiger partial charge on any atom is -0.495 e. The Morgan fingerprint density at radius 2 is 2.05 bits per heavy atom. The number of methoxy groups -OCH3 is 2. The third-order valence-electron chi connectivity index (χ3n) is 2.59. The summed E-state index contributed by atoms with van der Waals surface area (Å²) < 4.78 is 10.4. The van der Waals surface area contributed by atoms with Gasteiger partial charge in [0.05, 0.1) is 24.9 Å². The lowest BCUT2D eigenvalue weighted by atomic mass is 10.2. The molecule has 20 heavy (non-hydrogen) atoms. The van der Waals surface area contributed by atoms with E-state index in [1.807, 2.05) is 0 Å². The Kier molecular flexibility index (Phi) is 6.73. The topological polar surface area (TPSA) is 59.6 Å². The Labute approximate surface area is 123 Å². The van der Waals surface area contributed by atoms with E-state index in [4.69, 9.17) is 21.1 Å². The maximum absolute atomic E-state index is 11.4. The van der Waals surface area contributed by atoms with E-state index < -0.39 is 0 Å². The summed E-state index contributed by atoms with van der Waals surface area (Å²) in [6.45, 7) is 4.48. The molecule has 0 heterocycles. The number of amides is 1. The van der Waals surface area contributed by atoms with Gasteiger partial charge in [0.1, 0.15) is 11.5 Å². The molecule has 0 aliphatic rings. The molecule has 2 N–H and O–H groups in total. The molecule has 1 aromatic rings. The predicted octanol–water partition coefficient (Wildman–Crippen LogP) is 2.46. The Balaban J connectivity index is 2.62. The molecule has 0 bridgehead atoms. The first-order valence-corrected chi connectivity index (χ1v) is 6.53. The van der Waals surface area contributed by atoms with Crippen molar-refractivity contribution < 1.29 is 14.3 Å². The van der Waals surface area contributed by atoms with E-state index in [0.29, 0.717) is 36.0 Å². The molecule has 0 unspecified atom stereocenters. The van der Waals surface area contributed by atoms with Gasteiger partial charge in [-0.3, -0.25) is 4.79 Å². The van der Waals surface area contributed by atoms with Crippen LogP contribution in [0.5, 0.6) is 11.5 Å². The van der Waals surface area contributed by atoms with Crippen LogP contribution in [0.25, 0.3) is 0 Å². The Morgan fingerprint density at radius 1 is 1.35 bits per heavy atom. The second kappa shape index (κ2) is 8.32. The predicted molar refractivity (Wildman–Crippen MR) is 80.9 cm³/mol. The van der Waals surface area contributed by atoms with E-state index in [9.17, 15) is 4.79 Å². The molecule has 110 valence electrons. The molecule has 0 atom stereocenters. The number of benzene rings is 1.